The summed E-state index contributed by atoms with van der Waals surface area (Å²) in [5, 5.41) is 7.70. The zero-order valence-electron chi connectivity index (χ0n) is 19.0. The van der Waals surface area contributed by atoms with Crippen LogP contribution in [0.15, 0.2) is 77.9 Å². The number of hydrogen-bond donors (Lipinski definition) is 3. The number of nitrogens with one attached hydrogen (secondary N) is 3. The minimum Gasteiger partial charge on any atom is -0.360 e. The van der Waals surface area contributed by atoms with Crippen LogP contribution in [-0.4, -0.2) is 33.4 Å². The van der Waals surface area contributed by atoms with E-state index in [2.05, 4.69) is 15.6 Å². The third-order valence-electron chi connectivity index (χ3n) is 6.52. The van der Waals surface area contributed by atoms with Gasteiger partial charge < -0.3 is 15.6 Å². The first-order valence-electron chi connectivity index (χ1n) is 11.7. The average Bonchev–Trinajstić information content (AvgIpc) is 3.25. The fourth-order valence-electron chi connectivity index (χ4n) is 4.63. The summed E-state index contributed by atoms with van der Waals surface area (Å²) in [7, 11) is 0. The van der Waals surface area contributed by atoms with Crippen LogP contribution in [-0.2, 0) is 0 Å². The SMILES string of the molecule is O=C(N[C@H]1CCCC[C@@H]1NC(=O)c1ccc2c(Cl)c[nH]c2c1)c1ccc(-n2ccccc2=O)cc1. The summed E-state index contributed by atoms with van der Waals surface area (Å²) in [4.78, 5) is 41.0. The third-order valence-corrected chi connectivity index (χ3v) is 6.84. The van der Waals surface area contributed by atoms with Gasteiger partial charge in [-0.25, -0.2) is 0 Å². The van der Waals surface area contributed by atoms with Crippen LogP contribution in [0.4, 0.5) is 0 Å². The number of amides is 2. The van der Waals surface area contributed by atoms with Crippen molar-refractivity contribution in [3.63, 3.8) is 0 Å². The molecule has 0 unspecified atom stereocenters. The van der Waals surface area contributed by atoms with Gasteiger partial charge in [0.2, 0.25) is 0 Å². The van der Waals surface area contributed by atoms with Crippen LogP contribution in [0.3, 0.4) is 0 Å². The number of halogens is 1. The third kappa shape index (κ3) is 4.86. The van der Waals surface area contributed by atoms with E-state index in [0.29, 0.717) is 21.8 Å². The zero-order valence-corrected chi connectivity index (χ0v) is 19.7. The maximum absolute atomic E-state index is 13.0. The first-order valence-corrected chi connectivity index (χ1v) is 12.0. The molecular weight excluding hydrogens is 464 g/mol. The highest BCUT2D eigenvalue weighted by molar-refractivity contribution is 6.35. The molecule has 0 radical (unpaired) electrons. The molecule has 0 aliphatic heterocycles. The smallest absolute Gasteiger partial charge is 0.255 e. The summed E-state index contributed by atoms with van der Waals surface area (Å²) >= 11 is 6.14. The van der Waals surface area contributed by atoms with Crippen molar-refractivity contribution in [2.75, 3.05) is 0 Å². The summed E-state index contributed by atoms with van der Waals surface area (Å²) < 4.78 is 1.52. The molecule has 1 fully saturated rings. The molecule has 2 aromatic carbocycles. The lowest BCUT2D eigenvalue weighted by Gasteiger charge is -2.33. The van der Waals surface area contributed by atoms with E-state index >= 15 is 0 Å². The maximum atomic E-state index is 13.0. The molecule has 2 heterocycles. The lowest BCUT2D eigenvalue weighted by atomic mass is 9.89. The van der Waals surface area contributed by atoms with Crippen molar-refractivity contribution >= 4 is 34.3 Å². The Morgan fingerprint density at radius 1 is 0.886 bits per heavy atom. The number of pyridine rings is 1. The highest BCUT2D eigenvalue weighted by Crippen LogP contribution is 2.24. The molecule has 0 spiro atoms. The Labute approximate surface area is 207 Å². The van der Waals surface area contributed by atoms with Gasteiger partial charge in [-0.2, -0.15) is 0 Å². The lowest BCUT2D eigenvalue weighted by molar-refractivity contribution is 0.0863. The highest BCUT2D eigenvalue weighted by atomic mass is 35.5. The minimum absolute atomic E-state index is 0.135. The molecule has 7 nitrogen and oxygen atoms in total. The summed E-state index contributed by atoms with van der Waals surface area (Å²) in [5.41, 5.74) is 2.40. The second-order valence-electron chi connectivity index (χ2n) is 8.80. The first kappa shape index (κ1) is 22.9. The van der Waals surface area contributed by atoms with Crippen LogP contribution in [0, 0.1) is 0 Å². The molecule has 0 saturated heterocycles. The second-order valence-corrected chi connectivity index (χ2v) is 9.20. The second kappa shape index (κ2) is 9.80. The number of hydrogen-bond acceptors (Lipinski definition) is 3. The molecule has 178 valence electrons. The fourth-order valence-corrected chi connectivity index (χ4v) is 4.85. The van der Waals surface area contributed by atoms with Crippen LogP contribution in [0.25, 0.3) is 16.6 Å². The number of aromatic nitrogens is 2. The van der Waals surface area contributed by atoms with Gasteiger partial charge in [0.1, 0.15) is 0 Å². The van der Waals surface area contributed by atoms with Crippen molar-refractivity contribution in [2.45, 2.75) is 37.8 Å². The Morgan fingerprint density at radius 3 is 2.23 bits per heavy atom. The van der Waals surface area contributed by atoms with Crippen LogP contribution in [0.2, 0.25) is 5.02 Å². The summed E-state index contributed by atoms with van der Waals surface area (Å²) in [6.07, 6.45) is 6.95. The van der Waals surface area contributed by atoms with Gasteiger partial charge >= 0.3 is 0 Å². The molecule has 0 bridgehead atoms. The van der Waals surface area contributed by atoms with Crippen LogP contribution >= 0.6 is 11.6 Å². The number of H-pyrrole nitrogens is 1. The minimum atomic E-state index is -0.203. The molecule has 5 rings (SSSR count). The molecule has 2 amide bonds. The zero-order chi connectivity index (χ0) is 24.4. The van der Waals surface area contributed by atoms with Crippen molar-refractivity contribution < 1.29 is 9.59 Å². The van der Waals surface area contributed by atoms with Gasteiger partial charge in [-0.1, -0.05) is 36.6 Å². The quantitative estimate of drug-likeness (QED) is 0.387. The van der Waals surface area contributed by atoms with Crippen LogP contribution in [0.5, 0.6) is 0 Å². The number of carbonyl (C=O) groups is 2. The van der Waals surface area contributed by atoms with Gasteiger partial charge in [-0.3, -0.25) is 19.0 Å². The van der Waals surface area contributed by atoms with E-state index in [4.69, 9.17) is 11.6 Å². The number of aromatic amines is 1. The summed E-state index contributed by atoms with van der Waals surface area (Å²) in [5.74, 6) is -0.382. The fraction of sp³-hybridized carbons (Fsp3) is 0.222. The van der Waals surface area contributed by atoms with Crippen molar-refractivity contribution in [1.82, 2.24) is 20.2 Å². The van der Waals surface area contributed by atoms with Gasteiger partial charge in [-0.05, 0) is 55.3 Å². The predicted molar refractivity (Wildman–Crippen MR) is 136 cm³/mol. The van der Waals surface area contributed by atoms with Crippen LogP contribution < -0.4 is 16.2 Å². The lowest BCUT2D eigenvalue weighted by Crippen LogP contribution is -2.53. The van der Waals surface area contributed by atoms with E-state index < -0.39 is 0 Å². The van der Waals surface area contributed by atoms with E-state index in [1.165, 1.54) is 10.6 Å². The van der Waals surface area contributed by atoms with E-state index in [9.17, 15) is 14.4 Å². The molecule has 1 aliphatic carbocycles. The average molecular weight is 489 g/mol. The highest BCUT2D eigenvalue weighted by Gasteiger charge is 2.28. The number of benzene rings is 2. The Morgan fingerprint density at radius 2 is 1.54 bits per heavy atom. The van der Waals surface area contributed by atoms with E-state index in [0.717, 1.165) is 36.6 Å². The molecule has 1 saturated carbocycles. The van der Waals surface area contributed by atoms with Gasteiger partial charge in [0.05, 0.1) is 5.02 Å². The van der Waals surface area contributed by atoms with Gasteiger partial charge in [0, 0.05) is 58.3 Å². The van der Waals surface area contributed by atoms with Gasteiger partial charge in [0.25, 0.3) is 17.4 Å². The van der Waals surface area contributed by atoms with Gasteiger partial charge in [0.15, 0.2) is 0 Å². The van der Waals surface area contributed by atoms with Crippen molar-refractivity contribution in [2.24, 2.45) is 0 Å². The molecule has 1 aliphatic rings. The van der Waals surface area contributed by atoms with Crippen molar-refractivity contribution in [3.05, 3.63) is 99.6 Å². The summed E-state index contributed by atoms with van der Waals surface area (Å²) in [6, 6.07) is 16.9. The normalized spacial score (nSPS) is 17.7. The van der Waals surface area contributed by atoms with Gasteiger partial charge in [-0.15, -0.1) is 0 Å². The Kier molecular flexibility index (Phi) is 6.42. The molecule has 2 atom stereocenters. The monoisotopic (exact) mass is 488 g/mol. The molecule has 3 N–H and O–H groups in total. The van der Waals surface area contributed by atoms with Crippen LogP contribution in [0.1, 0.15) is 46.4 Å². The summed E-state index contributed by atoms with van der Waals surface area (Å²) in [6.45, 7) is 0. The maximum Gasteiger partial charge on any atom is 0.255 e. The molecule has 4 aromatic rings. The largest absolute Gasteiger partial charge is 0.360 e. The van der Waals surface area contributed by atoms with E-state index in [-0.39, 0.29) is 29.5 Å². The number of rotatable bonds is 5. The van der Waals surface area contributed by atoms with E-state index in [1.807, 2.05) is 6.07 Å². The van der Waals surface area contributed by atoms with Crippen molar-refractivity contribution in [1.29, 1.82) is 0 Å². The Hall–Kier alpha value is -3.84. The predicted octanol–water partition coefficient (Wildman–Crippen LogP) is 4.44. The number of fused-ring (bicyclic) bond motifs is 1. The number of carbonyl (C=O) groups excluding carboxylic acids is 2. The first-order chi connectivity index (χ1) is 17.0. The molecule has 2 aromatic heterocycles. The Balaban J connectivity index is 1.27. The topological polar surface area (TPSA) is 96.0 Å². The molecular formula is C27H25ClN4O3. The van der Waals surface area contributed by atoms with E-state index in [1.54, 1.807) is 60.9 Å². The standard InChI is InChI=1S/C27H25ClN4O3/c28-21-16-29-24-15-18(10-13-20(21)24)27(35)31-23-6-2-1-5-22(23)30-26(34)17-8-11-19(12-9-17)32-14-4-3-7-25(32)33/h3-4,7-16,22-23,29H,1-2,5-6H2,(H,30,34)(H,31,35)/t22-,23-/m0/s1. The number of nitrogens with zero attached hydrogens (tertiary/aromatic N) is 1. The molecule has 8 heteroatoms. The van der Waals surface area contributed by atoms with Crippen molar-refractivity contribution in [3.8, 4) is 5.69 Å². The molecule has 35 heavy (non-hydrogen) atoms. The Bertz CT molecular complexity index is 1440.